The molecule has 0 saturated heterocycles. The zero-order valence-corrected chi connectivity index (χ0v) is 10.5. The standard InChI is InChI=1S/C14H13N3O2/c1-8(18)15-11-4-5-12-9(6-11)2-3-10-7-13(19)16-17-14(10)12/h4-7H,2-3H2,1H3,(H,15,18)(H,16,19). The number of anilines is 1. The fourth-order valence-electron chi connectivity index (χ4n) is 2.45. The molecule has 5 heteroatoms. The second kappa shape index (κ2) is 4.35. The molecular formula is C14H13N3O2. The molecule has 0 atom stereocenters. The highest BCUT2D eigenvalue weighted by Crippen LogP contribution is 2.32. The summed E-state index contributed by atoms with van der Waals surface area (Å²) in [7, 11) is 0. The topological polar surface area (TPSA) is 74.8 Å². The third kappa shape index (κ3) is 2.14. The van der Waals surface area contributed by atoms with Crippen molar-refractivity contribution in [2.75, 3.05) is 5.32 Å². The van der Waals surface area contributed by atoms with Gasteiger partial charge in [-0.15, -0.1) is 0 Å². The van der Waals surface area contributed by atoms with Crippen LogP contribution in [0.2, 0.25) is 0 Å². The van der Waals surface area contributed by atoms with E-state index in [1.165, 1.54) is 6.92 Å². The second-order valence-corrected chi connectivity index (χ2v) is 4.66. The lowest BCUT2D eigenvalue weighted by atomic mass is 9.89. The van der Waals surface area contributed by atoms with E-state index in [9.17, 15) is 9.59 Å². The Hall–Kier alpha value is -2.43. The van der Waals surface area contributed by atoms with Gasteiger partial charge in [-0.25, -0.2) is 5.10 Å². The van der Waals surface area contributed by atoms with Crippen LogP contribution >= 0.6 is 0 Å². The first-order valence-corrected chi connectivity index (χ1v) is 6.13. The van der Waals surface area contributed by atoms with Crippen LogP contribution in [0.1, 0.15) is 18.1 Å². The van der Waals surface area contributed by atoms with E-state index in [1.54, 1.807) is 6.07 Å². The van der Waals surface area contributed by atoms with Crippen LogP contribution in [0.5, 0.6) is 0 Å². The van der Waals surface area contributed by atoms with Gasteiger partial charge in [-0.2, -0.15) is 5.10 Å². The van der Waals surface area contributed by atoms with E-state index in [1.807, 2.05) is 18.2 Å². The molecule has 3 rings (SSSR count). The molecule has 0 radical (unpaired) electrons. The van der Waals surface area contributed by atoms with Gasteiger partial charge in [0.1, 0.15) is 0 Å². The molecule has 1 aliphatic carbocycles. The summed E-state index contributed by atoms with van der Waals surface area (Å²) in [6, 6.07) is 7.35. The van der Waals surface area contributed by atoms with E-state index in [-0.39, 0.29) is 11.5 Å². The number of nitrogens with one attached hydrogen (secondary N) is 2. The lowest BCUT2D eigenvalue weighted by molar-refractivity contribution is -0.114. The third-order valence-corrected chi connectivity index (χ3v) is 3.23. The number of aromatic nitrogens is 2. The number of amides is 1. The Balaban J connectivity index is 2.08. The van der Waals surface area contributed by atoms with Crippen molar-refractivity contribution in [3.05, 3.63) is 45.7 Å². The van der Waals surface area contributed by atoms with Crippen molar-refractivity contribution in [2.24, 2.45) is 0 Å². The Morgan fingerprint density at radius 1 is 1.26 bits per heavy atom. The summed E-state index contributed by atoms with van der Waals surface area (Å²) >= 11 is 0. The Bertz CT molecular complexity index is 719. The molecule has 96 valence electrons. The number of nitrogens with zero attached hydrogens (tertiary/aromatic N) is 1. The van der Waals surface area contributed by atoms with E-state index in [4.69, 9.17) is 0 Å². The van der Waals surface area contributed by atoms with Crippen molar-refractivity contribution in [3.63, 3.8) is 0 Å². The molecule has 0 saturated carbocycles. The van der Waals surface area contributed by atoms with Crippen molar-refractivity contribution in [1.82, 2.24) is 10.2 Å². The van der Waals surface area contributed by atoms with Gasteiger partial charge >= 0.3 is 0 Å². The van der Waals surface area contributed by atoms with Gasteiger partial charge in [0.25, 0.3) is 5.56 Å². The molecule has 1 amide bonds. The summed E-state index contributed by atoms with van der Waals surface area (Å²) in [4.78, 5) is 22.3. The predicted molar refractivity (Wildman–Crippen MR) is 72.0 cm³/mol. The summed E-state index contributed by atoms with van der Waals surface area (Å²) in [5.74, 6) is -0.0846. The predicted octanol–water partition coefficient (Wildman–Crippen LogP) is 1.49. The summed E-state index contributed by atoms with van der Waals surface area (Å²) in [5, 5.41) is 9.37. The van der Waals surface area contributed by atoms with E-state index in [0.717, 1.165) is 40.9 Å². The quantitative estimate of drug-likeness (QED) is 0.810. The van der Waals surface area contributed by atoms with Gasteiger partial charge in [-0.1, -0.05) is 6.07 Å². The maximum absolute atomic E-state index is 11.3. The van der Waals surface area contributed by atoms with Crippen LogP contribution in [0.3, 0.4) is 0 Å². The zero-order chi connectivity index (χ0) is 13.4. The number of aromatic amines is 1. The molecule has 5 nitrogen and oxygen atoms in total. The smallest absolute Gasteiger partial charge is 0.264 e. The lowest BCUT2D eigenvalue weighted by Crippen LogP contribution is -2.15. The summed E-state index contributed by atoms with van der Waals surface area (Å²) in [6.07, 6.45) is 1.64. The average Bonchev–Trinajstić information content (AvgIpc) is 2.37. The zero-order valence-electron chi connectivity index (χ0n) is 10.5. The monoisotopic (exact) mass is 255 g/mol. The number of carbonyl (C=O) groups excluding carboxylic acids is 1. The van der Waals surface area contributed by atoms with E-state index < -0.39 is 0 Å². The molecule has 1 aromatic heterocycles. The minimum absolute atomic E-state index is 0.0846. The van der Waals surface area contributed by atoms with Gasteiger partial charge in [0, 0.05) is 24.2 Å². The Kier molecular flexibility index (Phi) is 2.67. The van der Waals surface area contributed by atoms with Gasteiger partial charge in [0.2, 0.25) is 5.91 Å². The molecule has 2 N–H and O–H groups in total. The van der Waals surface area contributed by atoms with Crippen LogP contribution in [-0.2, 0) is 17.6 Å². The second-order valence-electron chi connectivity index (χ2n) is 4.66. The number of H-pyrrole nitrogens is 1. The molecule has 0 unspecified atom stereocenters. The number of hydrogen-bond acceptors (Lipinski definition) is 3. The molecule has 0 spiro atoms. The van der Waals surface area contributed by atoms with Crippen LogP contribution in [0.25, 0.3) is 11.3 Å². The molecule has 0 bridgehead atoms. The fraction of sp³-hybridized carbons (Fsp3) is 0.214. The van der Waals surface area contributed by atoms with Gasteiger partial charge in [0.05, 0.1) is 5.69 Å². The highest BCUT2D eigenvalue weighted by molar-refractivity contribution is 5.89. The summed E-state index contributed by atoms with van der Waals surface area (Å²) in [5.41, 5.74) is 4.58. The Morgan fingerprint density at radius 2 is 2.05 bits per heavy atom. The van der Waals surface area contributed by atoms with Crippen molar-refractivity contribution < 1.29 is 4.79 Å². The van der Waals surface area contributed by atoms with E-state index in [0.29, 0.717) is 0 Å². The van der Waals surface area contributed by atoms with Crippen LogP contribution in [0.4, 0.5) is 5.69 Å². The Morgan fingerprint density at radius 3 is 2.84 bits per heavy atom. The third-order valence-electron chi connectivity index (χ3n) is 3.23. The van der Waals surface area contributed by atoms with Gasteiger partial charge in [-0.05, 0) is 36.1 Å². The largest absolute Gasteiger partial charge is 0.326 e. The maximum atomic E-state index is 11.3. The normalized spacial score (nSPS) is 12.5. The number of aryl methyl sites for hydroxylation is 2. The molecular weight excluding hydrogens is 242 g/mol. The van der Waals surface area contributed by atoms with Crippen LogP contribution in [-0.4, -0.2) is 16.1 Å². The molecule has 1 aromatic carbocycles. The van der Waals surface area contributed by atoms with Crippen LogP contribution in [0.15, 0.2) is 29.1 Å². The molecule has 1 aliphatic rings. The maximum Gasteiger partial charge on any atom is 0.264 e. The van der Waals surface area contributed by atoms with Gasteiger partial charge in [-0.3, -0.25) is 9.59 Å². The number of fused-ring (bicyclic) bond motifs is 3. The van der Waals surface area contributed by atoms with Crippen molar-refractivity contribution in [3.8, 4) is 11.3 Å². The first kappa shape index (κ1) is 11.6. The SMILES string of the molecule is CC(=O)Nc1ccc2c(c1)CCc1cc(=O)[nH]nc1-2. The molecule has 19 heavy (non-hydrogen) atoms. The minimum atomic E-state index is -0.169. The molecule has 2 aromatic rings. The fourth-order valence-corrected chi connectivity index (χ4v) is 2.45. The van der Waals surface area contributed by atoms with Gasteiger partial charge in [0.15, 0.2) is 0 Å². The minimum Gasteiger partial charge on any atom is -0.326 e. The highest BCUT2D eigenvalue weighted by atomic mass is 16.1. The van der Waals surface area contributed by atoms with E-state index >= 15 is 0 Å². The summed E-state index contributed by atoms with van der Waals surface area (Å²) in [6.45, 7) is 1.49. The van der Waals surface area contributed by atoms with E-state index in [2.05, 4.69) is 15.5 Å². The van der Waals surface area contributed by atoms with Crippen molar-refractivity contribution in [1.29, 1.82) is 0 Å². The summed E-state index contributed by atoms with van der Waals surface area (Å²) < 4.78 is 0. The van der Waals surface area contributed by atoms with Crippen LogP contribution < -0.4 is 10.9 Å². The lowest BCUT2D eigenvalue weighted by Gasteiger charge is -2.18. The molecule has 0 aliphatic heterocycles. The number of hydrogen-bond donors (Lipinski definition) is 2. The number of benzene rings is 1. The van der Waals surface area contributed by atoms with Crippen molar-refractivity contribution in [2.45, 2.75) is 19.8 Å². The first-order valence-electron chi connectivity index (χ1n) is 6.13. The molecule has 0 fully saturated rings. The number of carbonyl (C=O) groups is 1. The van der Waals surface area contributed by atoms with Crippen molar-refractivity contribution >= 4 is 11.6 Å². The number of rotatable bonds is 1. The average molecular weight is 255 g/mol. The van der Waals surface area contributed by atoms with Gasteiger partial charge < -0.3 is 5.32 Å². The Labute approximate surface area is 109 Å². The first-order chi connectivity index (χ1) is 9.13. The molecule has 1 heterocycles. The van der Waals surface area contributed by atoms with Crippen LogP contribution in [0, 0.1) is 0 Å². The highest BCUT2D eigenvalue weighted by Gasteiger charge is 2.18.